The lowest BCUT2D eigenvalue weighted by molar-refractivity contribution is -0.137. The van der Waals surface area contributed by atoms with Gasteiger partial charge in [-0.25, -0.2) is 4.79 Å². The third-order valence-corrected chi connectivity index (χ3v) is 3.31. The molecule has 0 rings (SSSR count). The molecule has 5 heteroatoms. The molecule has 0 radical (unpaired) electrons. The molecule has 124 valence electrons. The zero-order chi connectivity index (χ0) is 16.4. The van der Waals surface area contributed by atoms with Crippen molar-refractivity contribution in [2.24, 2.45) is 11.8 Å². The third kappa shape index (κ3) is 9.32. The lowest BCUT2D eigenvalue weighted by Gasteiger charge is -2.30. The van der Waals surface area contributed by atoms with Crippen molar-refractivity contribution in [3.63, 3.8) is 0 Å². The summed E-state index contributed by atoms with van der Waals surface area (Å²) in [6.45, 7) is 12.1. The monoisotopic (exact) mass is 300 g/mol. The first kappa shape index (κ1) is 19.7. The predicted octanol–water partition coefficient (Wildman–Crippen LogP) is 3.30. The van der Waals surface area contributed by atoms with Crippen molar-refractivity contribution in [1.82, 2.24) is 9.80 Å². The second-order valence-corrected chi connectivity index (χ2v) is 6.45. The van der Waals surface area contributed by atoms with E-state index in [9.17, 15) is 9.59 Å². The highest BCUT2D eigenvalue weighted by Gasteiger charge is 2.22. The van der Waals surface area contributed by atoms with E-state index >= 15 is 0 Å². The molecular weight excluding hydrogens is 268 g/mol. The predicted molar refractivity (Wildman–Crippen MR) is 85.4 cm³/mol. The van der Waals surface area contributed by atoms with Crippen LogP contribution in [-0.2, 0) is 4.79 Å². The summed E-state index contributed by atoms with van der Waals surface area (Å²) in [5.41, 5.74) is 0. The number of aliphatic carboxylic acids is 1. The van der Waals surface area contributed by atoms with Crippen LogP contribution in [0.2, 0.25) is 0 Å². The molecule has 0 bridgehead atoms. The summed E-state index contributed by atoms with van der Waals surface area (Å²) in [6, 6.07) is -0.138. The first-order valence-corrected chi connectivity index (χ1v) is 8.03. The summed E-state index contributed by atoms with van der Waals surface area (Å²) in [6.07, 6.45) is 2.65. The van der Waals surface area contributed by atoms with Gasteiger partial charge in [-0.3, -0.25) is 4.79 Å². The molecule has 0 unspecified atom stereocenters. The summed E-state index contributed by atoms with van der Waals surface area (Å²) in [7, 11) is 0. The van der Waals surface area contributed by atoms with E-state index in [0.29, 0.717) is 31.5 Å². The molecule has 21 heavy (non-hydrogen) atoms. The average Bonchev–Trinajstić information content (AvgIpc) is 2.36. The van der Waals surface area contributed by atoms with Crippen LogP contribution in [0, 0.1) is 11.8 Å². The Bertz CT molecular complexity index is 305. The van der Waals surface area contributed by atoms with Crippen LogP contribution in [0.1, 0.15) is 53.9 Å². The maximum atomic E-state index is 12.6. The molecule has 0 heterocycles. The molecular formula is C16H32N2O3. The number of amides is 2. The Labute approximate surface area is 129 Å². The number of urea groups is 1. The number of carboxylic acid groups (broad SMARTS) is 1. The normalized spacial score (nSPS) is 11.0. The minimum atomic E-state index is -0.954. The fourth-order valence-electron chi connectivity index (χ4n) is 2.01. The molecule has 0 spiro atoms. The molecule has 0 aromatic carbocycles. The number of carbonyl (C=O) groups is 2. The topological polar surface area (TPSA) is 60.9 Å². The highest BCUT2D eigenvalue weighted by atomic mass is 16.4. The number of rotatable bonds is 10. The van der Waals surface area contributed by atoms with Crippen molar-refractivity contribution in [2.45, 2.75) is 53.9 Å². The Morgan fingerprint density at radius 3 is 1.71 bits per heavy atom. The molecule has 2 amide bonds. The fourth-order valence-corrected chi connectivity index (χ4v) is 2.01. The second-order valence-electron chi connectivity index (χ2n) is 6.45. The van der Waals surface area contributed by atoms with Crippen molar-refractivity contribution >= 4 is 12.0 Å². The molecule has 0 aliphatic carbocycles. The van der Waals surface area contributed by atoms with Crippen LogP contribution < -0.4 is 0 Å². The molecule has 1 N–H and O–H groups in total. The summed E-state index contributed by atoms with van der Waals surface area (Å²) in [5, 5.41) is 8.97. The second kappa shape index (κ2) is 10.5. The van der Waals surface area contributed by atoms with E-state index in [1.54, 1.807) is 0 Å². The molecule has 5 nitrogen and oxygen atoms in total. The zero-order valence-electron chi connectivity index (χ0n) is 14.3. The van der Waals surface area contributed by atoms with Gasteiger partial charge in [0.1, 0.15) is 6.54 Å². The van der Waals surface area contributed by atoms with Crippen molar-refractivity contribution in [1.29, 1.82) is 0 Å². The quantitative estimate of drug-likeness (QED) is 0.673. The lowest BCUT2D eigenvalue weighted by Crippen LogP contribution is -2.46. The highest BCUT2D eigenvalue weighted by molar-refractivity contribution is 5.80. The van der Waals surface area contributed by atoms with E-state index in [4.69, 9.17) is 5.11 Å². The SMILES string of the molecule is CCCN(CC(=O)O)C(=O)N(CCC(C)C)CCC(C)C. The third-order valence-electron chi connectivity index (χ3n) is 3.31. The van der Waals surface area contributed by atoms with Crippen LogP contribution >= 0.6 is 0 Å². The number of carbonyl (C=O) groups excluding carboxylic acids is 1. The Hall–Kier alpha value is -1.26. The van der Waals surface area contributed by atoms with Gasteiger partial charge in [0.15, 0.2) is 0 Å². The van der Waals surface area contributed by atoms with Gasteiger partial charge in [-0.05, 0) is 31.1 Å². The van der Waals surface area contributed by atoms with Crippen molar-refractivity contribution < 1.29 is 14.7 Å². The van der Waals surface area contributed by atoms with E-state index in [-0.39, 0.29) is 12.6 Å². The van der Waals surface area contributed by atoms with Gasteiger partial charge >= 0.3 is 12.0 Å². The Morgan fingerprint density at radius 2 is 1.38 bits per heavy atom. The van der Waals surface area contributed by atoms with Crippen LogP contribution in [0.25, 0.3) is 0 Å². The molecule has 0 aromatic rings. The van der Waals surface area contributed by atoms with Crippen LogP contribution in [0.5, 0.6) is 0 Å². The largest absolute Gasteiger partial charge is 0.480 e. The van der Waals surface area contributed by atoms with Crippen LogP contribution in [0.3, 0.4) is 0 Å². The minimum Gasteiger partial charge on any atom is -0.480 e. The van der Waals surface area contributed by atoms with E-state index in [1.165, 1.54) is 4.90 Å². The van der Waals surface area contributed by atoms with E-state index in [2.05, 4.69) is 27.7 Å². The van der Waals surface area contributed by atoms with Gasteiger partial charge in [-0.1, -0.05) is 34.6 Å². The molecule has 0 aliphatic heterocycles. The Kier molecular flexibility index (Phi) is 9.84. The fraction of sp³-hybridized carbons (Fsp3) is 0.875. The smallest absolute Gasteiger partial charge is 0.323 e. The summed E-state index contributed by atoms with van der Waals surface area (Å²) < 4.78 is 0. The van der Waals surface area contributed by atoms with Gasteiger partial charge in [-0.2, -0.15) is 0 Å². The summed E-state index contributed by atoms with van der Waals surface area (Å²) in [4.78, 5) is 26.8. The van der Waals surface area contributed by atoms with Crippen LogP contribution in [0.15, 0.2) is 0 Å². The number of hydrogen-bond donors (Lipinski definition) is 1. The molecule has 0 atom stereocenters. The maximum Gasteiger partial charge on any atom is 0.323 e. The standard InChI is InChI=1S/C16H32N2O3/c1-6-9-18(12-15(19)20)16(21)17(10-7-13(2)3)11-8-14(4)5/h13-14H,6-12H2,1-5H3,(H,19,20). The molecule has 0 fully saturated rings. The van der Waals surface area contributed by atoms with Crippen LogP contribution in [0.4, 0.5) is 4.79 Å². The summed E-state index contributed by atoms with van der Waals surface area (Å²) in [5.74, 6) is 0.0985. The first-order chi connectivity index (χ1) is 9.77. The van der Waals surface area contributed by atoms with Crippen molar-refractivity contribution in [2.75, 3.05) is 26.2 Å². The van der Waals surface area contributed by atoms with Crippen molar-refractivity contribution in [3.8, 4) is 0 Å². The maximum absolute atomic E-state index is 12.6. The highest BCUT2D eigenvalue weighted by Crippen LogP contribution is 2.10. The first-order valence-electron chi connectivity index (χ1n) is 8.03. The van der Waals surface area contributed by atoms with Gasteiger partial charge in [0.05, 0.1) is 0 Å². The Balaban J connectivity index is 4.79. The van der Waals surface area contributed by atoms with Crippen LogP contribution in [-0.4, -0.2) is 53.1 Å². The van der Waals surface area contributed by atoms with Crippen molar-refractivity contribution in [3.05, 3.63) is 0 Å². The van der Waals surface area contributed by atoms with E-state index in [1.807, 2.05) is 11.8 Å². The molecule has 0 aromatic heterocycles. The number of hydrogen-bond acceptors (Lipinski definition) is 2. The van der Waals surface area contributed by atoms with Gasteiger partial charge in [-0.15, -0.1) is 0 Å². The number of nitrogens with zero attached hydrogens (tertiary/aromatic N) is 2. The zero-order valence-corrected chi connectivity index (χ0v) is 14.3. The van der Waals surface area contributed by atoms with E-state index < -0.39 is 5.97 Å². The van der Waals surface area contributed by atoms with Gasteiger partial charge in [0.2, 0.25) is 0 Å². The molecule has 0 saturated heterocycles. The minimum absolute atomic E-state index is 0.138. The molecule has 0 saturated carbocycles. The number of carboxylic acids is 1. The summed E-state index contributed by atoms with van der Waals surface area (Å²) >= 11 is 0. The van der Waals surface area contributed by atoms with Gasteiger partial charge < -0.3 is 14.9 Å². The average molecular weight is 300 g/mol. The Morgan fingerprint density at radius 1 is 0.905 bits per heavy atom. The van der Waals surface area contributed by atoms with Gasteiger partial charge in [0.25, 0.3) is 0 Å². The van der Waals surface area contributed by atoms with Gasteiger partial charge in [0, 0.05) is 19.6 Å². The molecule has 0 aliphatic rings. The van der Waals surface area contributed by atoms with E-state index in [0.717, 1.165) is 19.3 Å². The lowest BCUT2D eigenvalue weighted by atomic mass is 10.1.